The van der Waals surface area contributed by atoms with Crippen molar-refractivity contribution in [2.24, 2.45) is 0 Å². The van der Waals surface area contributed by atoms with Crippen molar-refractivity contribution in [3.05, 3.63) is 102 Å². The van der Waals surface area contributed by atoms with Crippen LogP contribution >= 0.6 is 0 Å². The maximum absolute atomic E-state index is 13.5. The number of benzene rings is 3. The molecule has 0 heterocycles. The zero-order chi connectivity index (χ0) is 22.8. The lowest BCUT2D eigenvalue weighted by molar-refractivity contribution is 0.515. The third-order valence-corrected chi connectivity index (χ3v) is 9.20. The van der Waals surface area contributed by atoms with Gasteiger partial charge in [-0.05, 0) is 56.2 Å². The Kier molecular flexibility index (Phi) is 6.50. The van der Waals surface area contributed by atoms with E-state index in [1.807, 2.05) is 32.9 Å². The minimum absolute atomic E-state index is 0.0921. The molecule has 0 unspecified atom stereocenters. The Morgan fingerprint density at radius 1 is 0.645 bits per heavy atom. The minimum atomic E-state index is -4.36. The van der Waals surface area contributed by atoms with Crippen molar-refractivity contribution in [3.8, 4) is 0 Å². The van der Waals surface area contributed by atoms with Crippen LogP contribution in [0, 0.1) is 20.8 Å². The highest BCUT2D eigenvalue weighted by Gasteiger charge is 2.37. The van der Waals surface area contributed by atoms with Crippen LogP contribution in [0.25, 0.3) is 5.57 Å². The summed E-state index contributed by atoms with van der Waals surface area (Å²) in [7, 11) is -8.72. The Morgan fingerprint density at radius 2 is 0.968 bits per heavy atom. The molecule has 0 bridgehead atoms. The summed E-state index contributed by atoms with van der Waals surface area (Å²) in [5.41, 5.74) is 3.83. The van der Waals surface area contributed by atoms with Gasteiger partial charge in [-0.2, -0.15) is 0 Å². The van der Waals surface area contributed by atoms with Gasteiger partial charge in [-0.15, -0.1) is 0 Å². The van der Waals surface area contributed by atoms with Gasteiger partial charge in [-0.3, -0.25) is 0 Å². The molecular formula is C24H25NO4S2. The average Bonchev–Trinajstić information content (AvgIpc) is 2.72. The quantitative estimate of drug-likeness (QED) is 0.517. The molecule has 0 aliphatic carbocycles. The first kappa shape index (κ1) is 22.9. The molecule has 3 aromatic carbocycles. The van der Waals surface area contributed by atoms with Crippen LogP contribution in [-0.2, 0) is 20.0 Å². The predicted octanol–water partition coefficient (Wildman–Crippen LogP) is 4.70. The van der Waals surface area contributed by atoms with Gasteiger partial charge in [-0.1, -0.05) is 75.5 Å². The van der Waals surface area contributed by atoms with Crippen LogP contribution in [0.3, 0.4) is 0 Å². The van der Waals surface area contributed by atoms with E-state index < -0.39 is 26.6 Å². The largest absolute Gasteiger partial charge is 0.256 e. The minimum Gasteiger partial charge on any atom is -0.206 e. The normalized spacial score (nSPS) is 12.1. The Balaban J connectivity index is 2.11. The summed E-state index contributed by atoms with van der Waals surface area (Å²) in [6.45, 7) is 9.17. The molecule has 0 aliphatic rings. The van der Waals surface area contributed by atoms with E-state index in [-0.39, 0.29) is 9.79 Å². The first-order chi connectivity index (χ1) is 14.5. The maximum Gasteiger partial charge on any atom is 0.256 e. The van der Waals surface area contributed by atoms with Crippen LogP contribution in [0.4, 0.5) is 0 Å². The number of sulfonamides is 2. The third kappa shape index (κ3) is 4.95. The molecule has 0 aliphatic heterocycles. The molecule has 0 fully saturated rings. The molecular weight excluding hydrogens is 430 g/mol. The van der Waals surface area contributed by atoms with Crippen molar-refractivity contribution in [3.63, 3.8) is 0 Å². The number of hydrogen-bond donors (Lipinski definition) is 0. The van der Waals surface area contributed by atoms with Crippen LogP contribution in [0.15, 0.2) is 89.2 Å². The van der Waals surface area contributed by atoms with Crippen molar-refractivity contribution >= 4 is 25.6 Å². The SMILES string of the molecule is C=C(CN(S(=O)(=O)c1ccc(C)cc1)S(=O)(=O)c1ccc(C)cc1)c1ccc(C)cc1. The van der Waals surface area contributed by atoms with Gasteiger partial charge in [0.1, 0.15) is 0 Å². The van der Waals surface area contributed by atoms with E-state index in [1.165, 1.54) is 24.3 Å². The van der Waals surface area contributed by atoms with E-state index in [2.05, 4.69) is 6.58 Å². The van der Waals surface area contributed by atoms with Crippen LogP contribution in [-0.4, -0.2) is 27.1 Å². The molecule has 0 saturated heterocycles. The Hall–Kier alpha value is -2.74. The molecule has 162 valence electrons. The predicted molar refractivity (Wildman–Crippen MR) is 124 cm³/mol. The molecule has 0 saturated carbocycles. The van der Waals surface area contributed by atoms with E-state index >= 15 is 0 Å². The highest BCUT2D eigenvalue weighted by molar-refractivity contribution is 8.04. The van der Waals surface area contributed by atoms with E-state index in [1.54, 1.807) is 36.4 Å². The maximum atomic E-state index is 13.5. The Labute approximate surface area is 184 Å². The van der Waals surface area contributed by atoms with Gasteiger partial charge in [0.15, 0.2) is 0 Å². The van der Waals surface area contributed by atoms with E-state index in [9.17, 15) is 16.8 Å². The van der Waals surface area contributed by atoms with Crippen LogP contribution in [0.2, 0.25) is 0 Å². The van der Waals surface area contributed by atoms with E-state index in [0.29, 0.717) is 14.8 Å². The summed E-state index contributed by atoms with van der Waals surface area (Å²) in [6.07, 6.45) is 0. The third-order valence-electron chi connectivity index (χ3n) is 4.95. The summed E-state index contributed by atoms with van der Waals surface area (Å²) in [6, 6.07) is 19.5. The van der Waals surface area contributed by atoms with Gasteiger partial charge < -0.3 is 0 Å². The lowest BCUT2D eigenvalue weighted by atomic mass is 10.1. The molecule has 3 rings (SSSR count). The van der Waals surface area contributed by atoms with Gasteiger partial charge in [0.05, 0.1) is 16.3 Å². The second kappa shape index (κ2) is 8.78. The van der Waals surface area contributed by atoms with Gasteiger partial charge in [0.25, 0.3) is 20.0 Å². The molecule has 0 aromatic heterocycles. The van der Waals surface area contributed by atoms with Crippen LogP contribution < -0.4 is 0 Å². The molecule has 0 atom stereocenters. The zero-order valence-electron chi connectivity index (χ0n) is 17.7. The first-order valence-corrected chi connectivity index (χ1v) is 12.6. The van der Waals surface area contributed by atoms with Crippen LogP contribution in [0.5, 0.6) is 0 Å². The van der Waals surface area contributed by atoms with Gasteiger partial charge >= 0.3 is 0 Å². The number of hydrogen-bond acceptors (Lipinski definition) is 4. The first-order valence-electron chi connectivity index (χ1n) is 9.68. The van der Waals surface area contributed by atoms with Crippen molar-refractivity contribution in [1.82, 2.24) is 3.71 Å². The molecule has 0 radical (unpaired) electrons. The summed E-state index contributed by atoms with van der Waals surface area (Å²) < 4.78 is 54.4. The molecule has 7 heteroatoms. The Bertz CT molecular complexity index is 1220. The molecule has 31 heavy (non-hydrogen) atoms. The van der Waals surface area contributed by atoms with E-state index in [0.717, 1.165) is 16.7 Å². The molecule has 0 N–H and O–H groups in total. The van der Waals surface area contributed by atoms with Crippen molar-refractivity contribution < 1.29 is 16.8 Å². The monoisotopic (exact) mass is 455 g/mol. The zero-order valence-corrected chi connectivity index (χ0v) is 19.4. The van der Waals surface area contributed by atoms with Crippen molar-refractivity contribution in [2.75, 3.05) is 6.54 Å². The smallest absolute Gasteiger partial charge is 0.206 e. The second-order valence-corrected chi connectivity index (χ2v) is 11.5. The molecule has 5 nitrogen and oxygen atoms in total. The summed E-state index contributed by atoms with van der Waals surface area (Å²) in [5.74, 6) is 0. The van der Waals surface area contributed by atoms with Crippen LogP contribution in [0.1, 0.15) is 22.3 Å². The fourth-order valence-corrected chi connectivity index (χ4v) is 6.62. The van der Waals surface area contributed by atoms with Crippen molar-refractivity contribution in [1.29, 1.82) is 0 Å². The summed E-state index contributed by atoms with van der Waals surface area (Å²) in [5, 5.41) is 0. The topological polar surface area (TPSA) is 71.5 Å². The number of rotatable bonds is 7. The lowest BCUT2D eigenvalue weighted by Gasteiger charge is -2.23. The average molecular weight is 456 g/mol. The Morgan fingerprint density at radius 3 is 1.32 bits per heavy atom. The van der Waals surface area contributed by atoms with Gasteiger partial charge in [0, 0.05) is 0 Å². The van der Waals surface area contributed by atoms with Gasteiger partial charge in [-0.25, -0.2) is 16.8 Å². The van der Waals surface area contributed by atoms with Gasteiger partial charge in [0.2, 0.25) is 0 Å². The second-order valence-electron chi connectivity index (χ2n) is 7.54. The molecule has 0 spiro atoms. The number of aryl methyl sites for hydroxylation is 3. The molecule has 0 amide bonds. The molecule has 3 aromatic rings. The highest BCUT2D eigenvalue weighted by Crippen LogP contribution is 2.28. The summed E-state index contributed by atoms with van der Waals surface area (Å²) >= 11 is 0. The standard InChI is InChI=1S/C24H25NO4S2/c1-18-5-11-22(12-6-18)21(4)17-25(30(26,27)23-13-7-19(2)8-14-23)31(28,29)24-15-9-20(3)10-16-24/h5-16H,4,17H2,1-3H3. The fraction of sp³-hybridized carbons (Fsp3) is 0.167. The highest BCUT2D eigenvalue weighted by atomic mass is 32.3. The summed E-state index contributed by atoms with van der Waals surface area (Å²) in [4.78, 5) is -0.184. The number of nitrogens with zero attached hydrogens (tertiary/aromatic N) is 1. The van der Waals surface area contributed by atoms with Crippen molar-refractivity contribution in [2.45, 2.75) is 30.6 Å². The fourth-order valence-electron chi connectivity index (χ4n) is 2.99. The van der Waals surface area contributed by atoms with E-state index in [4.69, 9.17) is 0 Å². The lowest BCUT2D eigenvalue weighted by Crippen LogP contribution is -2.38.